The summed E-state index contributed by atoms with van der Waals surface area (Å²) in [6, 6.07) is 4.82. The van der Waals surface area contributed by atoms with E-state index in [1.807, 2.05) is 0 Å². The third-order valence-corrected chi connectivity index (χ3v) is 2.32. The summed E-state index contributed by atoms with van der Waals surface area (Å²) < 4.78 is 28.4. The molecule has 0 aliphatic rings. The second-order valence-corrected chi connectivity index (χ2v) is 3.78. The lowest BCUT2D eigenvalue weighted by Gasteiger charge is -2.12. The summed E-state index contributed by atoms with van der Waals surface area (Å²) in [4.78, 5) is 11.6. The van der Waals surface area contributed by atoms with Gasteiger partial charge in [-0.3, -0.25) is 4.79 Å². The Hall–Kier alpha value is -1.89. The highest BCUT2D eigenvalue weighted by atomic mass is 19.3. The number of amides is 1. The Morgan fingerprint density at radius 1 is 1.47 bits per heavy atom. The van der Waals surface area contributed by atoms with Gasteiger partial charge in [-0.15, -0.1) is 0 Å². The Kier molecular flexibility index (Phi) is 6.01. The van der Waals surface area contributed by atoms with E-state index in [9.17, 15) is 13.6 Å². The number of nitrogen functional groups attached to an aromatic ring is 1. The lowest BCUT2D eigenvalue weighted by Crippen LogP contribution is -2.21. The molecule has 4 N–H and O–H groups in total. The standard InChI is InChI=1S/C12H17F2N3O2/c1-16-12(18)9-3-2-8(15)6-10(9)17-4-5-19-7-11(13)14/h2-3,6,11,17H,4-5,7,15H2,1H3,(H,16,18). The molecule has 7 heteroatoms. The highest BCUT2D eigenvalue weighted by Gasteiger charge is 2.10. The number of rotatable bonds is 7. The minimum atomic E-state index is -2.48. The zero-order valence-electron chi connectivity index (χ0n) is 10.6. The second-order valence-electron chi connectivity index (χ2n) is 3.78. The molecule has 1 aromatic rings. The van der Waals surface area contributed by atoms with Crippen LogP contribution < -0.4 is 16.4 Å². The Morgan fingerprint density at radius 2 is 2.21 bits per heavy atom. The summed E-state index contributed by atoms with van der Waals surface area (Å²) in [7, 11) is 1.52. The van der Waals surface area contributed by atoms with Crippen molar-refractivity contribution < 1.29 is 18.3 Å². The summed E-state index contributed by atoms with van der Waals surface area (Å²) in [5.74, 6) is -0.254. The van der Waals surface area contributed by atoms with Gasteiger partial charge in [0.25, 0.3) is 12.3 Å². The molecule has 0 radical (unpaired) electrons. The van der Waals surface area contributed by atoms with Gasteiger partial charge in [-0.1, -0.05) is 0 Å². The van der Waals surface area contributed by atoms with Crippen molar-refractivity contribution in [1.29, 1.82) is 0 Å². The molecule has 1 aromatic carbocycles. The van der Waals surface area contributed by atoms with Crippen LogP contribution >= 0.6 is 0 Å². The fourth-order valence-electron chi connectivity index (χ4n) is 1.47. The number of anilines is 2. The minimum absolute atomic E-state index is 0.117. The maximum atomic E-state index is 11.8. The maximum Gasteiger partial charge on any atom is 0.261 e. The van der Waals surface area contributed by atoms with Crippen molar-refractivity contribution >= 4 is 17.3 Å². The van der Waals surface area contributed by atoms with Gasteiger partial charge >= 0.3 is 0 Å². The second kappa shape index (κ2) is 7.52. The van der Waals surface area contributed by atoms with Crippen LogP contribution in [0.2, 0.25) is 0 Å². The average Bonchev–Trinajstić information content (AvgIpc) is 2.37. The Labute approximate surface area is 110 Å². The molecule has 0 unspecified atom stereocenters. The predicted molar refractivity (Wildman–Crippen MR) is 69.6 cm³/mol. The van der Waals surface area contributed by atoms with Crippen molar-refractivity contribution in [2.75, 3.05) is 37.9 Å². The van der Waals surface area contributed by atoms with Gasteiger partial charge in [-0.05, 0) is 18.2 Å². The molecular formula is C12H17F2N3O2. The lowest BCUT2D eigenvalue weighted by atomic mass is 10.1. The van der Waals surface area contributed by atoms with Crippen LogP contribution in [0.3, 0.4) is 0 Å². The van der Waals surface area contributed by atoms with Crippen LogP contribution in [0.25, 0.3) is 0 Å². The maximum absolute atomic E-state index is 11.8. The van der Waals surface area contributed by atoms with E-state index in [0.717, 1.165) is 0 Å². The van der Waals surface area contributed by atoms with Crippen LogP contribution in [0, 0.1) is 0 Å². The van der Waals surface area contributed by atoms with Gasteiger partial charge in [0.2, 0.25) is 0 Å². The average molecular weight is 273 g/mol. The first-order valence-electron chi connectivity index (χ1n) is 5.76. The summed E-state index contributed by atoms with van der Waals surface area (Å²) in [5.41, 5.74) is 7.12. The SMILES string of the molecule is CNC(=O)c1ccc(N)cc1NCCOCC(F)F. The molecular weight excluding hydrogens is 256 g/mol. The molecule has 1 amide bonds. The Balaban J connectivity index is 2.56. The third-order valence-electron chi connectivity index (χ3n) is 2.32. The molecule has 0 saturated carbocycles. The largest absolute Gasteiger partial charge is 0.399 e. The van der Waals surface area contributed by atoms with Crippen LogP contribution in [0.1, 0.15) is 10.4 Å². The number of hydrogen-bond acceptors (Lipinski definition) is 4. The van der Waals surface area contributed by atoms with Gasteiger partial charge in [0, 0.05) is 25.0 Å². The molecule has 106 valence electrons. The van der Waals surface area contributed by atoms with E-state index in [4.69, 9.17) is 10.5 Å². The van der Waals surface area contributed by atoms with Gasteiger partial charge in [0.1, 0.15) is 6.61 Å². The number of carbonyl (C=O) groups excluding carboxylic acids is 1. The summed E-state index contributed by atoms with van der Waals surface area (Å²) in [6.45, 7) is -0.173. The van der Waals surface area contributed by atoms with E-state index in [0.29, 0.717) is 23.5 Å². The van der Waals surface area contributed by atoms with Gasteiger partial charge in [-0.25, -0.2) is 8.78 Å². The van der Waals surface area contributed by atoms with Crippen LogP contribution in [-0.4, -0.2) is 39.1 Å². The number of nitrogens with one attached hydrogen (secondary N) is 2. The van der Waals surface area contributed by atoms with E-state index < -0.39 is 13.0 Å². The molecule has 0 aliphatic heterocycles. The number of ether oxygens (including phenoxy) is 1. The summed E-state index contributed by atoms with van der Waals surface area (Å²) >= 11 is 0. The van der Waals surface area contributed by atoms with Crippen molar-refractivity contribution in [3.63, 3.8) is 0 Å². The number of nitrogens with two attached hydrogens (primary N) is 1. The summed E-state index contributed by atoms with van der Waals surface area (Å²) in [6.07, 6.45) is -2.48. The van der Waals surface area contributed by atoms with E-state index in [-0.39, 0.29) is 12.5 Å². The third kappa shape index (κ3) is 5.09. The van der Waals surface area contributed by atoms with Gasteiger partial charge in [-0.2, -0.15) is 0 Å². The van der Waals surface area contributed by atoms with E-state index >= 15 is 0 Å². The first kappa shape index (κ1) is 15.2. The van der Waals surface area contributed by atoms with Crippen LogP contribution in [0.5, 0.6) is 0 Å². The topological polar surface area (TPSA) is 76.4 Å². The molecule has 0 saturated heterocycles. The molecule has 0 aliphatic carbocycles. The smallest absolute Gasteiger partial charge is 0.261 e. The number of hydrogen-bond donors (Lipinski definition) is 3. The van der Waals surface area contributed by atoms with Crippen molar-refractivity contribution in [3.8, 4) is 0 Å². The van der Waals surface area contributed by atoms with Crippen molar-refractivity contribution in [2.45, 2.75) is 6.43 Å². The van der Waals surface area contributed by atoms with Gasteiger partial charge in [0.15, 0.2) is 0 Å². The molecule has 1 rings (SSSR count). The predicted octanol–water partition coefficient (Wildman–Crippen LogP) is 1.32. The highest BCUT2D eigenvalue weighted by Crippen LogP contribution is 2.18. The monoisotopic (exact) mass is 273 g/mol. The number of alkyl halides is 2. The Morgan fingerprint density at radius 3 is 2.84 bits per heavy atom. The van der Waals surface area contributed by atoms with E-state index in [1.165, 1.54) is 7.05 Å². The Bertz CT molecular complexity index is 427. The zero-order valence-corrected chi connectivity index (χ0v) is 10.6. The molecule has 0 aromatic heterocycles. The number of benzene rings is 1. The molecule has 0 heterocycles. The molecule has 0 fully saturated rings. The summed E-state index contributed by atoms with van der Waals surface area (Å²) in [5, 5.41) is 5.44. The molecule has 0 atom stereocenters. The first-order chi connectivity index (χ1) is 9.04. The van der Waals surface area contributed by atoms with Gasteiger partial charge in [0.05, 0.1) is 12.2 Å². The quantitative estimate of drug-likeness (QED) is 0.517. The normalized spacial score (nSPS) is 10.5. The van der Waals surface area contributed by atoms with E-state index in [2.05, 4.69) is 10.6 Å². The van der Waals surface area contributed by atoms with Crippen LogP contribution in [0.4, 0.5) is 20.2 Å². The number of carbonyl (C=O) groups is 1. The molecule has 0 spiro atoms. The zero-order chi connectivity index (χ0) is 14.3. The lowest BCUT2D eigenvalue weighted by molar-refractivity contribution is 0.0215. The first-order valence-corrected chi connectivity index (χ1v) is 5.76. The molecule has 19 heavy (non-hydrogen) atoms. The highest BCUT2D eigenvalue weighted by molar-refractivity contribution is 6.00. The van der Waals surface area contributed by atoms with Crippen LogP contribution in [-0.2, 0) is 4.74 Å². The van der Waals surface area contributed by atoms with Crippen molar-refractivity contribution in [3.05, 3.63) is 23.8 Å². The van der Waals surface area contributed by atoms with Crippen LogP contribution in [0.15, 0.2) is 18.2 Å². The minimum Gasteiger partial charge on any atom is -0.399 e. The van der Waals surface area contributed by atoms with E-state index in [1.54, 1.807) is 18.2 Å². The molecule has 0 bridgehead atoms. The fourth-order valence-corrected chi connectivity index (χ4v) is 1.47. The van der Waals surface area contributed by atoms with Gasteiger partial charge < -0.3 is 21.1 Å². The molecule has 5 nitrogen and oxygen atoms in total. The number of halogens is 2. The van der Waals surface area contributed by atoms with Crippen molar-refractivity contribution in [1.82, 2.24) is 5.32 Å². The fraction of sp³-hybridized carbons (Fsp3) is 0.417. The van der Waals surface area contributed by atoms with Crippen molar-refractivity contribution in [2.24, 2.45) is 0 Å².